The summed E-state index contributed by atoms with van der Waals surface area (Å²) in [6.07, 6.45) is 2.78. The van der Waals surface area contributed by atoms with Crippen LogP contribution in [-0.4, -0.2) is 63.0 Å². The maximum Gasteiger partial charge on any atom is 0.0700 e. The molecule has 0 bridgehead atoms. The minimum atomic E-state index is 0.306. The van der Waals surface area contributed by atoms with Gasteiger partial charge in [-0.25, -0.2) is 0 Å². The summed E-state index contributed by atoms with van der Waals surface area (Å²) in [4.78, 5) is 2.68. The van der Waals surface area contributed by atoms with Crippen LogP contribution in [0.4, 0.5) is 0 Å². The first-order chi connectivity index (χ1) is 9.88. The SMILES string of the molecule is COCCOCCN1CC(C(C)(C)C)NCC1(C)C1CC1. The first-order valence-electron chi connectivity index (χ1n) is 8.43. The number of hydrogen-bond acceptors (Lipinski definition) is 4. The molecule has 2 aliphatic rings. The Labute approximate surface area is 130 Å². The number of piperazine rings is 1. The largest absolute Gasteiger partial charge is 0.382 e. The van der Waals surface area contributed by atoms with Crippen LogP contribution in [-0.2, 0) is 9.47 Å². The molecule has 4 nitrogen and oxygen atoms in total. The van der Waals surface area contributed by atoms with Gasteiger partial charge in [-0.1, -0.05) is 20.8 Å². The molecule has 1 N–H and O–H groups in total. The highest BCUT2D eigenvalue weighted by atomic mass is 16.5. The van der Waals surface area contributed by atoms with Crippen LogP contribution in [0.2, 0.25) is 0 Å². The number of methoxy groups -OCH3 is 1. The van der Waals surface area contributed by atoms with Crippen molar-refractivity contribution in [1.29, 1.82) is 0 Å². The van der Waals surface area contributed by atoms with Gasteiger partial charge in [0.25, 0.3) is 0 Å². The molecule has 0 aromatic heterocycles. The van der Waals surface area contributed by atoms with E-state index in [0.29, 0.717) is 30.2 Å². The number of nitrogens with one attached hydrogen (secondary N) is 1. The first kappa shape index (κ1) is 17.2. The van der Waals surface area contributed by atoms with E-state index in [0.717, 1.165) is 32.2 Å². The molecule has 0 aromatic rings. The molecule has 4 heteroatoms. The normalized spacial score (nSPS) is 31.6. The third-order valence-electron chi connectivity index (χ3n) is 5.27. The Morgan fingerprint density at radius 1 is 1.19 bits per heavy atom. The van der Waals surface area contributed by atoms with Crippen molar-refractivity contribution in [3.8, 4) is 0 Å². The molecule has 0 spiro atoms. The Morgan fingerprint density at radius 3 is 2.48 bits per heavy atom. The van der Waals surface area contributed by atoms with E-state index in [4.69, 9.17) is 9.47 Å². The molecule has 1 saturated heterocycles. The number of ether oxygens (including phenoxy) is 2. The fourth-order valence-electron chi connectivity index (χ4n) is 3.39. The smallest absolute Gasteiger partial charge is 0.0700 e. The molecule has 2 unspecified atom stereocenters. The fourth-order valence-corrected chi connectivity index (χ4v) is 3.39. The highest BCUT2D eigenvalue weighted by Crippen LogP contribution is 2.44. The standard InChI is InChI=1S/C17H34N2O2/c1-16(2,3)15-12-19(8-9-21-11-10-20-5)17(4,13-18-15)14-6-7-14/h14-15,18H,6-13H2,1-5H3. The van der Waals surface area contributed by atoms with Crippen LogP contribution in [0, 0.1) is 11.3 Å². The fraction of sp³-hybridized carbons (Fsp3) is 1.00. The summed E-state index contributed by atoms with van der Waals surface area (Å²) < 4.78 is 10.7. The van der Waals surface area contributed by atoms with E-state index in [1.54, 1.807) is 7.11 Å². The Hall–Kier alpha value is -0.160. The summed E-state index contributed by atoms with van der Waals surface area (Å²) >= 11 is 0. The summed E-state index contributed by atoms with van der Waals surface area (Å²) in [5, 5.41) is 3.81. The zero-order valence-corrected chi connectivity index (χ0v) is 14.6. The van der Waals surface area contributed by atoms with Gasteiger partial charge in [0, 0.05) is 38.3 Å². The minimum absolute atomic E-state index is 0.306. The predicted octanol–water partition coefficient (Wildman–Crippen LogP) is 2.14. The van der Waals surface area contributed by atoms with Crippen molar-refractivity contribution in [3.05, 3.63) is 0 Å². The second-order valence-corrected chi connectivity index (χ2v) is 7.98. The second kappa shape index (κ2) is 6.95. The lowest BCUT2D eigenvalue weighted by Gasteiger charge is -2.51. The number of rotatable bonds is 7. The second-order valence-electron chi connectivity index (χ2n) is 7.98. The Bertz CT molecular complexity index is 325. The molecule has 2 fully saturated rings. The third kappa shape index (κ3) is 4.41. The molecule has 1 saturated carbocycles. The average Bonchev–Trinajstić information content (AvgIpc) is 3.24. The summed E-state index contributed by atoms with van der Waals surface area (Å²) in [5.41, 5.74) is 0.617. The van der Waals surface area contributed by atoms with Crippen molar-refractivity contribution in [2.45, 2.75) is 52.1 Å². The molecule has 1 aliphatic carbocycles. The lowest BCUT2D eigenvalue weighted by Crippen LogP contribution is -2.67. The van der Waals surface area contributed by atoms with Crippen molar-refractivity contribution in [2.24, 2.45) is 11.3 Å². The van der Waals surface area contributed by atoms with Gasteiger partial charge in [-0.2, -0.15) is 0 Å². The zero-order chi connectivity index (χ0) is 15.5. The van der Waals surface area contributed by atoms with Crippen molar-refractivity contribution in [2.75, 3.05) is 46.6 Å². The lowest BCUT2D eigenvalue weighted by molar-refractivity contribution is -0.0158. The summed E-state index contributed by atoms with van der Waals surface area (Å²) in [6.45, 7) is 14.9. The highest BCUT2D eigenvalue weighted by Gasteiger charge is 2.49. The number of nitrogens with zero attached hydrogens (tertiary/aromatic N) is 1. The topological polar surface area (TPSA) is 33.7 Å². The molecule has 0 aromatic carbocycles. The molecule has 0 radical (unpaired) electrons. The van der Waals surface area contributed by atoms with Crippen molar-refractivity contribution >= 4 is 0 Å². The maximum atomic E-state index is 5.70. The molecule has 124 valence electrons. The predicted molar refractivity (Wildman–Crippen MR) is 86.6 cm³/mol. The van der Waals surface area contributed by atoms with Gasteiger partial charge >= 0.3 is 0 Å². The average molecular weight is 298 g/mol. The minimum Gasteiger partial charge on any atom is -0.382 e. The molecule has 1 heterocycles. The van der Waals surface area contributed by atoms with Gasteiger partial charge in [-0.15, -0.1) is 0 Å². The Kier molecular flexibility index (Phi) is 5.69. The van der Waals surface area contributed by atoms with E-state index in [1.807, 2.05) is 0 Å². The monoisotopic (exact) mass is 298 g/mol. The van der Waals surface area contributed by atoms with E-state index >= 15 is 0 Å². The van der Waals surface area contributed by atoms with E-state index in [9.17, 15) is 0 Å². The van der Waals surface area contributed by atoms with Gasteiger partial charge in [0.15, 0.2) is 0 Å². The Balaban J connectivity index is 1.90. The van der Waals surface area contributed by atoms with E-state index in [1.165, 1.54) is 12.8 Å². The first-order valence-corrected chi connectivity index (χ1v) is 8.43. The molecule has 2 rings (SSSR count). The summed E-state index contributed by atoms with van der Waals surface area (Å²) in [7, 11) is 1.72. The highest BCUT2D eigenvalue weighted by molar-refractivity contribution is 5.06. The number of hydrogen-bond donors (Lipinski definition) is 1. The van der Waals surface area contributed by atoms with Gasteiger partial charge in [0.1, 0.15) is 0 Å². The van der Waals surface area contributed by atoms with Crippen LogP contribution in [0.15, 0.2) is 0 Å². The van der Waals surface area contributed by atoms with Crippen LogP contribution >= 0.6 is 0 Å². The van der Waals surface area contributed by atoms with Gasteiger partial charge in [0.05, 0.1) is 19.8 Å². The Morgan fingerprint density at radius 2 is 1.90 bits per heavy atom. The quantitative estimate of drug-likeness (QED) is 0.730. The van der Waals surface area contributed by atoms with E-state index in [2.05, 4.69) is 37.9 Å². The molecular formula is C17H34N2O2. The molecule has 2 atom stereocenters. The third-order valence-corrected chi connectivity index (χ3v) is 5.27. The van der Waals surface area contributed by atoms with Crippen LogP contribution in [0.1, 0.15) is 40.5 Å². The molecular weight excluding hydrogens is 264 g/mol. The van der Waals surface area contributed by atoms with Crippen LogP contribution < -0.4 is 5.32 Å². The lowest BCUT2D eigenvalue weighted by atomic mass is 9.81. The summed E-state index contributed by atoms with van der Waals surface area (Å²) in [6, 6.07) is 0.559. The molecule has 1 aliphatic heterocycles. The van der Waals surface area contributed by atoms with Crippen LogP contribution in [0.3, 0.4) is 0 Å². The van der Waals surface area contributed by atoms with Crippen molar-refractivity contribution in [3.63, 3.8) is 0 Å². The van der Waals surface area contributed by atoms with Gasteiger partial charge < -0.3 is 14.8 Å². The molecule has 0 amide bonds. The van der Waals surface area contributed by atoms with Gasteiger partial charge in [0.2, 0.25) is 0 Å². The van der Waals surface area contributed by atoms with Gasteiger partial charge in [-0.05, 0) is 31.1 Å². The van der Waals surface area contributed by atoms with Crippen molar-refractivity contribution in [1.82, 2.24) is 10.2 Å². The van der Waals surface area contributed by atoms with Crippen molar-refractivity contribution < 1.29 is 9.47 Å². The maximum absolute atomic E-state index is 5.70. The van der Waals surface area contributed by atoms with E-state index < -0.39 is 0 Å². The van der Waals surface area contributed by atoms with Crippen LogP contribution in [0.25, 0.3) is 0 Å². The zero-order valence-electron chi connectivity index (χ0n) is 14.6. The van der Waals surface area contributed by atoms with Gasteiger partial charge in [-0.3, -0.25) is 4.90 Å². The summed E-state index contributed by atoms with van der Waals surface area (Å²) in [5.74, 6) is 0.866. The molecule has 21 heavy (non-hydrogen) atoms. The van der Waals surface area contributed by atoms with Crippen LogP contribution in [0.5, 0.6) is 0 Å². The van der Waals surface area contributed by atoms with E-state index in [-0.39, 0.29) is 0 Å².